The Labute approximate surface area is 121 Å². The van der Waals surface area contributed by atoms with E-state index in [0.29, 0.717) is 18.0 Å². The number of hydrogen-bond donors (Lipinski definition) is 2. The Balaban J connectivity index is 2.14. The third-order valence-electron chi connectivity index (χ3n) is 2.64. The van der Waals surface area contributed by atoms with Gasteiger partial charge in [0.2, 0.25) is 0 Å². The summed E-state index contributed by atoms with van der Waals surface area (Å²) >= 11 is 0. The maximum Gasteiger partial charge on any atom is 0.335 e. The second-order valence-corrected chi connectivity index (χ2v) is 4.17. The number of carbonyl (C=O) groups excluding carboxylic acids is 1. The van der Waals surface area contributed by atoms with E-state index in [4.69, 9.17) is 9.84 Å². The summed E-state index contributed by atoms with van der Waals surface area (Å²) in [5.74, 6) is -0.337. The van der Waals surface area contributed by atoms with Gasteiger partial charge in [0, 0.05) is 18.8 Å². The van der Waals surface area contributed by atoms with Crippen molar-refractivity contribution >= 4 is 11.9 Å². The van der Waals surface area contributed by atoms with Crippen molar-refractivity contribution in [1.82, 2.24) is 10.3 Å². The van der Waals surface area contributed by atoms with E-state index in [2.05, 4.69) is 10.3 Å². The highest BCUT2D eigenvalue weighted by atomic mass is 16.5. The largest absolute Gasteiger partial charge is 0.478 e. The molecule has 0 aliphatic carbocycles. The Hall–Kier alpha value is -2.89. The molecule has 1 aromatic carbocycles. The number of hydrogen-bond acceptors (Lipinski definition) is 4. The molecule has 0 fully saturated rings. The molecule has 6 nitrogen and oxygen atoms in total. The molecule has 0 atom stereocenters. The number of pyridine rings is 1. The number of carboxylic acid groups (broad SMARTS) is 1. The number of ether oxygens (including phenoxy) is 1. The Morgan fingerprint density at radius 3 is 2.52 bits per heavy atom. The zero-order chi connectivity index (χ0) is 15.2. The number of nitrogens with zero attached hydrogens (tertiary/aromatic N) is 1. The number of carbonyl (C=O) groups is 2. The molecule has 1 aromatic heterocycles. The van der Waals surface area contributed by atoms with Gasteiger partial charge in [-0.05, 0) is 37.3 Å². The van der Waals surface area contributed by atoms with Gasteiger partial charge >= 0.3 is 5.97 Å². The number of rotatable bonds is 5. The van der Waals surface area contributed by atoms with Crippen molar-refractivity contribution in [2.45, 2.75) is 6.92 Å². The smallest absolute Gasteiger partial charge is 0.335 e. The van der Waals surface area contributed by atoms with Crippen LogP contribution in [0.15, 0.2) is 42.6 Å². The first kappa shape index (κ1) is 14.5. The fourth-order valence-corrected chi connectivity index (χ4v) is 1.65. The van der Waals surface area contributed by atoms with Gasteiger partial charge in [0.05, 0.1) is 5.56 Å². The molecule has 2 aromatic rings. The van der Waals surface area contributed by atoms with Crippen LogP contribution >= 0.6 is 0 Å². The summed E-state index contributed by atoms with van der Waals surface area (Å²) in [7, 11) is 0. The Morgan fingerprint density at radius 2 is 1.90 bits per heavy atom. The van der Waals surface area contributed by atoms with Crippen LogP contribution in [0.5, 0.6) is 11.5 Å². The number of nitrogens with one attached hydrogen (secondary N) is 1. The molecule has 0 bridgehead atoms. The monoisotopic (exact) mass is 286 g/mol. The molecule has 0 aliphatic rings. The van der Waals surface area contributed by atoms with Crippen LogP contribution in [0.25, 0.3) is 0 Å². The summed E-state index contributed by atoms with van der Waals surface area (Å²) in [6, 6.07) is 9.14. The lowest BCUT2D eigenvalue weighted by molar-refractivity contribution is 0.0696. The summed E-state index contributed by atoms with van der Waals surface area (Å²) in [5, 5.41) is 11.5. The lowest BCUT2D eigenvalue weighted by Gasteiger charge is -2.07. The number of aromatic carboxylic acids is 1. The first-order chi connectivity index (χ1) is 10.1. The van der Waals surface area contributed by atoms with Gasteiger partial charge in [-0.15, -0.1) is 0 Å². The zero-order valence-corrected chi connectivity index (χ0v) is 11.4. The van der Waals surface area contributed by atoms with Crippen LogP contribution < -0.4 is 10.1 Å². The van der Waals surface area contributed by atoms with Crippen molar-refractivity contribution < 1.29 is 19.4 Å². The van der Waals surface area contributed by atoms with Gasteiger partial charge in [-0.1, -0.05) is 0 Å². The van der Waals surface area contributed by atoms with Gasteiger partial charge in [-0.3, -0.25) is 9.78 Å². The highest BCUT2D eigenvalue weighted by Gasteiger charge is 2.08. The Morgan fingerprint density at radius 1 is 1.19 bits per heavy atom. The SMILES string of the molecule is CCNC(=O)c1cc(Oc2ccc(C(=O)O)cc2)ccn1. The number of benzene rings is 1. The molecular formula is C15H14N2O4. The molecule has 6 heteroatoms. The first-order valence-corrected chi connectivity index (χ1v) is 6.35. The van der Waals surface area contributed by atoms with Crippen molar-refractivity contribution in [3.63, 3.8) is 0 Å². The average molecular weight is 286 g/mol. The first-order valence-electron chi connectivity index (χ1n) is 6.35. The van der Waals surface area contributed by atoms with E-state index in [0.717, 1.165) is 0 Å². The standard InChI is InChI=1S/C15H14N2O4/c1-2-16-14(18)13-9-12(7-8-17-13)21-11-5-3-10(4-6-11)15(19)20/h3-9H,2H2,1H3,(H,16,18)(H,19,20). The van der Waals surface area contributed by atoms with Crippen molar-refractivity contribution in [3.8, 4) is 11.5 Å². The molecule has 21 heavy (non-hydrogen) atoms. The van der Waals surface area contributed by atoms with Crippen LogP contribution in [-0.2, 0) is 0 Å². The number of amides is 1. The van der Waals surface area contributed by atoms with Crippen LogP contribution in [0.1, 0.15) is 27.8 Å². The molecule has 2 N–H and O–H groups in total. The Kier molecular flexibility index (Phi) is 4.50. The van der Waals surface area contributed by atoms with E-state index in [1.807, 2.05) is 6.92 Å². The second kappa shape index (κ2) is 6.51. The number of aromatic nitrogens is 1. The molecule has 0 radical (unpaired) electrons. The summed E-state index contributed by atoms with van der Waals surface area (Å²) in [6.45, 7) is 2.34. The van der Waals surface area contributed by atoms with Crippen LogP contribution in [0.2, 0.25) is 0 Å². The topological polar surface area (TPSA) is 88.5 Å². The second-order valence-electron chi connectivity index (χ2n) is 4.17. The van der Waals surface area contributed by atoms with E-state index >= 15 is 0 Å². The van der Waals surface area contributed by atoms with Crippen molar-refractivity contribution in [2.24, 2.45) is 0 Å². The summed E-state index contributed by atoms with van der Waals surface area (Å²) in [4.78, 5) is 26.4. The lowest BCUT2D eigenvalue weighted by Crippen LogP contribution is -2.23. The predicted octanol–water partition coefficient (Wildman–Crippen LogP) is 2.32. The van der Waals surface area contributed by atoms with Gasteiger partial charge in [0.1, 0.15) is 17.2 Å². The molecule has 0 unspecified atom stereocenters. The van der Waals surface area contributed by atoms with E-state index in [-0.39, 0.29) is 17.2 Å². The third kappa shape index (κ3) is 3.79. The van der Waals surface area contributed by atoms with Crippen molar-refractivity contribution in [3.05, 3.63) is 53.9 Å². The quantitative estimate of drug-likeness (QED) is 0.880. The minimum absolute atomic E-state index is 0.181. The van der Waals surface area contributed by atoms with E-state index in [1.165, 1.54) is 24.4 Å². The highest BCUT2D eigenvalue weighted by molar-refractivity contribution is 5.92. The minimum Gasteiger partial charge on any atom is -0.478 e. The van der Waals surface area contributed by atoms with Crippen LogP contribution in [0, 0.1) is 0 Å². The van der Waals surface area contributed by atoms with Gasteiger partial charge in [-0.25, -0.2) is 4.79 Å². The van der Waals surface area contributed by atoms with Gasteiger partial charge in [0.15, 0.2) is 0 Å². The number of carboxylic acids is 1. The normalized spacial score (nSPS) is 9.95. The average Bonchev–Trinajstić information content (AvgIpc) is 2.48. The molecule has 0 saturated heterocycles. The molecular weight excluding hydrogens is 272 g/mol. The molecule has 1 heterocycles. The molecule has 108 valence electrons. The highest BCUT2D eigenvalue weighted by Crippen LogP contribution is 2.21. The minimum atomic E-state index is -0.996. The van der Waals surface area contributed by atoms with Gasteiger partial charge in [0.25, 0.3) is 5.91 Å². The maximum absolute atomic E-state index is 11.7. The van der Waals surface area contributed by atoms with Crippen molar-refractivity contribution in [2.75, 3.05) is 6.54 Å². The maximum atomic E-state index is 11.7. The summed E-state index contributed by atoms with van der Waals surface area (Å²) in [6.07, 6.45) is 1.48. The van der Waals surface area contributed by atoms with E-state index in [1.54, 1.807) is 18.2 Å². The third-order valence-corrected chi connectivity index (χ3v) is 2.64. The molecule has 0 spiro atoms. The molecule has 0 aliphatic heterocycles. The van der Waals surface area contributed by atoms with E-state index < -0.39 is 5.97 Å². The van der Waals surface area contributed by atoms with Crippen LogP contribution in [0.4, 0.5) is 0 Å². The van der Waals surface area contributed by atoms with E-state index in [9.17, 15) is 9.59 Å². The molecule has 0 saturated carbocycles. The zero-order valence-electron chi connectivity index (χ0n) is 11.4. The lowest BCUT2D eigenvalue weighted by atomic mass is 10.2. The van der Waals surface area contributed by atoms with Crippen molar-refractivity contribution in [1.29, 1.82) is 0 Å². The van der Waals surface area contributed by atoms with Crippen LogP contribution in [-0.4, -0.2) is 28.5 Å². The molecule has 2 rings (SSSR count). The summed E-state index contributed by atoms with van der Waals surface area (Å²) in [5.41, 5.74) is 0.441. The van der Waals surface area contributed by atoms with Gasteiger partial charge in [-0.2, -0.15) is 0 Å². The molecule has 1 amide bonds. The fraction of sp³-hybridized carbons (Fsp3) is 0.133. The van der Waals surface area contributed by atoms with Gasteiger partial charge < -0.3 is 15.2 Å². The van der Waals surface area contributed by atoms with Crippen LogP contribution in [0.3, 0.4) is 0 Å². The summed E-state index contributed by atoms with van der Waals surface area (Å²) < 4.78 is 5.57. The predicted molar refractivity (Wildman–Crippen MR) is 75.7 cm³/mol. The fourth-order valence-electron chi connectivity index (χ4n) is 1.65. The Bertz CT molecular complexity index is 653.